The fourth-order valence-electron chi connectivity index (χ4n) is 1.45. The summed E-state index contributed by atoms with van der Waals surface area (Å²) in [6.07, 6.45) is 1.68. The fourth-order valence-corrected chi connectivity index (χ4v) is 2.61. The van der Waals surface area contributed by atoms with E-state index in [1.807, 2.05) is 6.92 Å². The molecule has 0 aliphatic rings. The molecule has 0 radical (unpaired) electrons. The van der Waals surface area contributed by atoms with Crippen LogP contribution in [0.5, 0.6) is 0 Å². The van der Waals surface area contributed by atoms with Crippen molar-refractivity contribution in [2.45, 2.75) is 19.8 Å². The lowest BCUT2D eigenvalue weighted by atomic mass is 10.2. The molecule has 0 aliphatic heterocycles. The zero-order valence-electron chi connectivity index (χ0n) is 9.31. The predicted octanol–water partition coefficient (Wildman–Crippen LogP) is 5.52. The third-order valence-electron chi connectivity index (χ3n) is 2.27. The van der Waals surface area contributed by atoms with E-state index in [-0.39, 0.29) is 0 Å². The van der Waals surface area contributed by atoms with Gasteiger partial charge < -0.3 is 4.42 Å². The van der Waals surface area contributed by atoms with Gasteiger partial charge in [0.15, 0.2) is 16.3 Å². The summed E-state index contributed by atoms with van der Waals surface area (Å²) in [5.41, 5.74) is 0.772. The van der Waals surface area contributed by atoms with Gasteiger partial charge in [0.05, 0.1) is 4.47 Å². The molecule has 0 aliphatic carbocycles. The molecule has 96 valence electrons. The van der Waals surface area contributed by atoms with E-state index in [0.29, 0.717) is 26.6 Å². The molecule has 0 N–H and O–H groups in total. The zero-order chi connectivity index (χ0) is 13.3. The first-order valence-electron chi connectivity index (χ1n) is 5.20. The van der Waals surface area contributed by atoms with Gasteiger partial charge in [-0.2, -0.15) is 0 Å². The van der Waals surface area contributed by atoms with Gasteiger partial charge in [-0.1, -0.05) is 36.5 Å². The Morgan fingerprint density at radius 3 is 2.28 bits per heavy atom. The Labute approximate surface area is 131 Å². The molecule has 2 aromatic heterocycles. The fraction of sp³-hybridized carbons (Fsp3) is 0.273. The molecule has 2 rings (SSSR count). The van der Waals surface area contributed by atoms with Crippen LogP contribution in [0.1, 0.15) is 18.9 Å². The van der Waals surface area contributed by atoms with Gasteiger partial charge in [-0.05, 0) is 38.3 Å². The molecule has 0 aromatic carbocycles. The monoisotopic (exact) mass is 412 g/mol. The Morgan fingerprint density at radius 2 is 1.83 bits per heavy atom. The maximum absolute atomic E-state index is 6.11. The van der Waals surface area contributed by atoms with E-state index >= 15 is 0 Å². The van der Waals surface area contributed by atoms with Crippen LogP contribution >= 0.6 is 55.1 Å². The normalized spacial score (nSPS) is 10.9. The van der Waals surface area contributed by atoms with E-state index in [1.54, 1.807) is 6.07 Å². The number of aromatic nitrogens is 2. The van der Waals surface area contributed by atoms with E-state index in [9.17, 15) is 0 Å². The van der Waals surface area contributed by atoms with Crippen molar-refractivity contribution in [3.8, 4) is 11.6 Å². The van der Waals surface area contributed by atoms with Crippen LogP contribution in [0.25, 0.3) is 11.6 Å². The molecule has 18 heavy (non-hydrogen) atoms. The minimum absolute atomic E-state index is 0.371. The Bertz CT molecular complexity index is 544. The number of hydrogen-bond donors (Lipinski definition) is 0. The molecule has 7 heteroatoms. The van der Waals surface area contributed by atoms with Crippen molar-refractivity contribution in [1.82, 2.24) is 9.97 Å². The molecule has 0 amide bonds. The van der Waals surface area contributed by atoms with Crippen LogP contribution < -0.4 is 0 Å². The lowest BCUT2D eigenvalue weighted by Crippen LogP contribution is -1.96. The minimum Gasteiger partial charge on any atom is -0.445 e. The number of nitrogens with zero attached hydrogens (tertiary/aromatic N) is 2. The van der Waals surface area contributed by atoms with Crippen LogP contribution in [0, 0.1) is 0 Å². The second-order valence-corrected chi connectivity index (χ2v) is 5.88. The van der Waals surface area contributed by atoms with Gasteiger partial charge in [0.1, 0.15) is 10.3 Å². The topological polar surface area (TPSA) is 38.9 Å². The molecule has 0 fully saturated rings. The van der Waals surface area contributed by atoms with Gasteiger partial charge in [-0.15, -0.1) is 0 Å². The number of hydrogen-bond acceptors (Lipinski definition) is 3. The lowest BCUT2D eigenvalue weighted by Gasteiger charge is -2.05. The maximum atomic E-state index is 6.11. The SMILES string of the molecule is CCCc1c(Cl)nc(-c2cc(Br)c(Br)o2)nc1Cl. The Balaban J connectivity index is 2.47. The van der Waals surface area contributed by atoms with Crippen LogP contribution in [0.4, 0.5) is 0 Å². The first kappa shape index (κ1) is 14.3. The Hall–Kier alpha value is -0.100. The highest BCUT2D eigenvalue weighted by molar-refractivity contribution is 9.13. The smallest absolute Gasteiger partial charge is 0.198 e. The van der Waals surface area contributed by atoms with E-state index in [0.717, 1.165) is 22.9 Å². The second kappa shape index (κ2) is 5.90. The third-order valence-corrected chi connectivity index (χ3v) is 4.61. The summed E-state index contributed by atoms with van der Waals surface area (Å²) in [6, 6.07) is 1.76. The maximum Gasteiger partial charge on any atom is 0.198 e. The molecule has 0 unspecified atom stereocenters. The summed E-state index contributed by atoms with van der Waals surface area (Å²) >= 11 is 18.8. The van der Waals surface area contributed by atoms with E-state index < -0.39 is 0 Å². The first-order valence-corrected chi connectivity index (χ1v) is 7.54. The van der Waals surface area contributed by atoms with Crippen molar-refractivity contribution in [3.05, 3.63) is 31.1 Å². The predicted molar refractivity (Wildman–Crippen MR) is 79.1 cm³/mol. The molecule has 0 saturated heterocycles. The van der Waals surface area contributed by atoms with Gasteiger partial charge in [-0.25, -0.2) is 9.97 Å². The Morgan fingerprint density at radius 1 is 1.22 bits per heavy atom. The summed E-state index contributed by atoms with van der Waals surface area (Å²) in [5.74, 6) is 0.872. The van der Waals surface area contributed by atoms with Crippen molar-refractivity contribution < 1.29 is 4.42 Å². The molecular formula is C11H8Br2Cl2N2O. The van der Waals surface area contributed by atoms with Crippen molar-refractivity contribution in [1.29, 1.82) is 0 Å². The molecule has 0 saturated carbocycles. The second-order valence-electron chi connectivity index (χ2n) is 3.59. The number of rotatable bonds is 3. The lowest BCUT2D eigenvalue weighted by molar-refractivity contribution is 0.549. The van der Waals surface area contributed by atoms with Crippen LogP contribution in [0.15, 0.2) is 19.6 Å². The van der Waals surface area contributed by atoms with Crippen LogP contribution in [-0.4, -0.2) is 9.97 Å². The highest BCUT2D eigenvalue weighted by atomic mass is 79.9. The van der Waals surface area contributed by atoms with Crippen LogP contribution in [0.2, 0.25) is 10.3 Å². The molecule has 3 nitrogen and oxygen atoms in total. The first-order chi connectivity index (χ1) is 8.52. The largest absolute Gasteiger partial charge is 0.445 e. The number of halogens is 4. The van der Waals surface area contributed by atoms with Gasteiger partial charge in [0, 0.05) is 11.6 Å². The molecule has 2 heterocycles. The number of furan rings is 1. The summed E-state index contributed by atoms with van der Waals surface area (Å²) < 4.78 is 6.80. The van der Waals surface area contributed by atoms with Gasteiger partial charge in [0.25, 0.3) is 0 Å². The average molecular weight is 415 g/mol. The molecule has 2 aromatic rings. The summed E-state index contributed by atoms with van der Waals surface area (Å²) in [7, 11) is 0. The Kier molecular flexibility index (Phi) is 4.69. The highest BCUT2D eigenvalue weighted by Crippen LogP contribution is 2.33. The molecule has 0 atom stereocenters. The molecule has 0 spiro atoms. The average Bonchev–Trinajstić information content (AvgIpc) is 2.64. The highest BCUT2D eigenvalue weighted by Gasteiger charge is 2.16. The van der Waals surface area contributed by atoms with Gasteiger partial charge in [0.2, 0.25) is 0 Å². The quantitative estimate of drug-likeness (QED) is 0.620. The van der Waals surface area contributed by atoms with E-state index in [4.69, 9.17) is 27.6 Å². The van der Waals surface area contributed by atoms with Crippen molar-refractivity contribution in [3.63, 3.8) is 0 Å². The van der Waals surface area contributed by atoms with Gasteiger partial charge >= 0.3 is 0 Å². The van der Waals surface area contributed by atoms with Crippen LogP contribution in [-0.2, 0) is 6.42 Å². The van der Waals surface area contributed by atoms with E-state index in [2.05, 4.69) is 41.8 Å². The van der Waals surface area contributed by atoms with Crippen molar-refractivity contribution in [2.75, 3.05) is 0 Å². The summed E-state index contributed by atoms with van der Waals surface area (Å²) in [5, 5.41) is 0.742. The molecule has 0 bridgehead atoms. The van der Waals surface area contributed by atoms with Crippen molar-refractivity contribution in [2.24, 2.45) is 0 Å². The summed E-state index contributed by atoms with van der Waals surface area (Å²) in [4.78, 5) is 8.42. The third kappa shape index (κ3) is 2.90. The van der Waals surface area contributed by atoms with E-state index in [1.165, 1.54) is 0 Å². The summed E-state index contributed by atoms with van der Waals surface area (Å²) in [6.45, 7) is 2.04. The standard InChI is InChI=1S/C11H8Br2Cl2N2O/c1-2-3-5-9(14)16-11(17-10(5)15)7-4-6(12)8(13)18-7/h4H,2-3H2,1H3. The minimum atomic E-state index is 0.371. The zero-order valence-corrected chi connectivity index (χ0v) is 14.0. The van der Waals surface area contributed by atoms with Gasteiger partial charge in [-0.3, -0.25) is 0 Å². The molecular weight excluding hydrogens is 407 g/mol. The van der Waals surface area contributed by atoms with Crippen LogP contribution in [0.3, 0.4) is 0 Å². The van der Waals surface area contributed by atoms with Crippen molar-refractivity contribution >= 4 is 55.1 Å².